The maximum atomic E-state index is 12.4. The molecule has 2 aromatic carbocycles. The highest BCUT2D eigenvalue weighted by Crippen LogP contribution is 2.35. The molecular formula is C27H38NO7P. The molecule has 0 aliphatic heterocycles. The number of hydrogen-bond acceptors (Lipinski definition) is 6. The number of ether oxygens (including phenoxy) is 1. The summed E-state index contributed by atoms with van der Waals surface area (Å²) in [4.78, 5) is 29.7. The van der Waals surface area contributed by atoms with Crippen LogP contribution in [0, 0.1) is 0 Å². The second-order valence-electron chi connectivity index (χ2n) is 8.70. The molecule has 2 atom stereocenters. The minimum Gasteiger partial charge on any atom is -0.494 e. The Labute approximate surface area is 213 Å². The molecule has 9 heteroatoms. The Bertz CT molecular complexity index is 960. The molecule has 0 fully saturated rings. The van der Waals surface area contributed by atoms with E-state index < -0.39 is 26.6 Å². The van der Waals surface area contributed by atoms with Gasteiger partial charge < -0.3 is 25.4 Å². The third kappa shape index (κ3) is 12.6. The number of phosphoric ester groups is 1. The van der Waals surface area contributed by atoms with Crippen LogP contribution in [0.2, 0.25) is 0 Å². The fourth-order valence-corrected chi connectivity index (χ4v) is 3.92. The molecule has 8 nitrogen and oxygen atoms in total. The van der Waals surface area contributed by atoms with Crippen molar-refractivity contribution in [1.29, 1.82) is 0 Å². The summed E-state index contributed by atoms with van der Waals surface area (Å²) in [5.74, 6) is 0.777. The van der Waals surface area contributed by atoms with Crippen LogP contribution in [0.15, 0.2) is 66.7 Å². The van der Waals surface area contributed by atoms with Crippen molar-refractivity contribution in [1.82, 2.24) is 0 Å². The van der Waals surface area contributed by atoms with Crippen LogP contribution in [0.5, 0.6) is 5.75 Å². The van der Waals surface area contributed by atoms with Gasteiger partial charge in [0.2, 0.25) is 0 Å². The van der Waals surface area contributed by atoms with Crippen LogP contribution >= 0.6 is 7.82 Å². The number of ketones is 1. The lowest BCUT2D eigenvalue weighted by molar-refractivity contribution is 0.103. The molecular weight excluding hydrogens is 481 g/mol. The standard InChI is InChI=1S/C27H38NO7P/c28-25(21-35-36(31,32)33)26(29)15-11-6-4-2-1-3-5-7-12-20-34-24-18-16-23(17-19-24)27(30)22-13-9-8-10-14-22/h8-11,13-19,25-26,29H,1-7,12,20-21,28H2,(H2,31,32,33)/b15-11+/t25-,26+/m0/s1. The van der Waals surface area contributed by atoms with E-state index in [1.165, 1.54) is 0 Å². The van der Waals surface area contributed by atoms with Crippen LogP contribution in [0.3, 0.4) is 0 Å². The first-order valence-corrected chi connectivity index (χ1v) is 13.9. The second kappa shape index (κ2) is 16.4. The highest BCUT2D eigenvalue weighted by Gasteiger charge is 2.19. The van der Waals surface area contributed by atoms with Crippen molar-refractivity contribution in [3.8, 4) is 5.75 Å². The van der Waals surface area contributed by atoms with Crippen molar-refractivity contribution in [2.45, 2.75) is 63.5 Å². The maximum absolute atomic E-state index is 12.4. The molecule has 2 aromatic rings. The number of carbonyl (C=O) groups is 1. The molecule has 36 heavy (non-hydrogen) atoms. The number of benzene rings is 2. The smallest absolute Gasteiger partial charge is 0.469 e. The van der Waals surface area contributed by atoms with E-state index in [1.807, 2.05) is 48.5 Å². The first kappa shape index (κ1) is 29.9. The third-order valence-corrected chi connectivity index (χ3v) is 6.13. The molecule has 0 saturated carbocycles. The maximum Gasteiger partial charge on any atom is 0.469 e. The van der Waals surface area contributed by atoms with Crippen molar-refractivity contribution in [3.05, 3.63) is 77.9 Å². The van der Waals surface area contributed by atoms with Gasteiger partial charge in [-0.15, -0.1) is 0 Å². The number of nitrogens with two attached hydrogens (primary N) is 1. The van der Waals surface area contributed by atoms with Gasteiger partial charge in [-0.3, -0.25) is 9.32 Å². The van der Waals surface area contributed by atoms with Gasteiger partial charge in [0.15, 0.2) is 5.78 Å². The van der Waals surface area contributed by atoms with E-state index in [0.29, 0.717) is 17.7 Å². The monoisotopic (exact) mass is 519 g/mol. The lowest BCUT2D eigenvalue weighted by Crippen LogP contribution is -2.37. The number of carbonyl (C=O) groups excluding carboxylic acids is 1. The molecule has 0 aliphatic carbocycles. The normalized spacial score (nSPS) is 13.6. The molecule has 0 heterocycles. The van der Waals surface area contributed by atoms with Crippen LogP contribution in [-0.4, -0.2) is 46.0 Å². The summed E-state index contributed by atoms with van der Waals surface area (Å²) in [5, 5.41) is 9.84. The van der Waals surface area contributed by atoms with Crippen LogP contribution in [0.4, 0.5) is 0 Å². The van der Waals surface area contributed by atoms with Gasteiger partial charge in [0, 0.05) is 11.1 Å². The topological polar surface area (TPSA) is 139 Å². The predicted octanol–water partition coefficient (Wildman–Crippen LogP) is 4.77. The van der Waals surface area contributed by atoms with E-state index in [-0.39, 0.29) is 5.78 Å². The largest absolute Gasteiger partial charge is 0.494 e. The van der Waals surface area contributed by atoms with Crippen molar-refractivity contribution < 1.29 is 33.5 Å². The quantitative estimate of drug-likeness (QED) is 0.0956. The van der Waals surface area contributed by atoms with Crippen LogP contribution in [0.1, 0.15) is 67.3 Å². The van der Waals surface area contributed by atoms with E-state index in [1.54, 1.807) is 18.2 Å². The van der Waals surface area contributed by atoms with Crippen molar-refractivity contribution in [2.24, 2.45) is 5.73 Å². The second-order valence-corrected chi connectivity index (χ2v) is 9.94. The first-order chi connectivity index (χ1) is 17.3. The van der Waals surface area contributed by atoms with Gasteiger partial charge >= 0.3 is 7.82 Å². The summed E-state index contributed by atoms with van der Waals surface area (Å²) >= 11 is 0. The van der Waals surface area contributed by atoms with Crippen molar-refractivity contribution >= 4 is 13.6 Å². The van der Waals surface area contributed by atoms with Gasteiger partial charge in [0.1, 0.15) is 5.75 Å². The number of aliphatic hydroxyl groups excluding tert-OH is 1. The molecule has 5 N–H and O–H groups in total. The SMILES string of the molecule is N[C@@H](COP(=O)(O)O)[C@H](O)/C=C/CCCCCCCCCOc1ccc(C(=O)c2ccccc2)cc1. The number of unbranched alkanes of at least 4 members (excludes halogenated alkanes) is 7. The minimum absolute atomic E-state index is 0.00567. The number of allylic oxidation sites excluding steroid dienone is 1. The van der Waals surface area contributed by atoms with Gasteiger partial charge in [0.05, 0.1) is 25.4 Å². The average molecular weight is 520 g/mol. The molecule has 0 spiro atoms. The fraction of sp³-hybridized carbons (Fsp3) is 0.444. The van der Waals surface area contributed by atoms with E-state index >= 15 is 0 Å². The number of rotatable bonds is 18. The summed E-state index contributed by atoms with van der Waals surface area (Å²) < 4.78 is 20.7. The Kier molecular flexibility index (Phi) is 13.6. The minimum atomic E-state index is -4.58. The van der Waals surface area contributed by atoms with Gasteiger partial charge in [-0.05, 0) is 43.5 Å². The summed E-state index contributed by atoms with van der Waals surface area (Å²) in [6.45, 7) is 0.239. The Balaban J connectivity index is 1.46. The lowest BCUT2D eigenvalue weighted by atomic mass is 10.0. The van der Waals surface area contributed by atoms with Gasteiger partial charge in [-0.1, -0.05) is 74.6 Å². The lowest BCUT2D eigenvalue weighted by Gasteiger charge is -2.15. The van der Waals surface area contributed by atoms with E-state index in [0.717, 1.165) is 57.1 Å². The highest BCUT2D eigenvalue weighted by molar-refractivity contribution is 7.46. The number of hydrogen-bond donors (Lipinski definition) is 4. The molecule has 0 saturated heterocycles. The molecule has 0 aliphatic rings. The van der Waals surface area contributed by atoms with E-state index in [9.17, 15) is 14.5 Å². The van der Waals surface area contributed by atoms with Gasteiger partial charge in [-0.25, -0.2) is 4.57 Å². The molecule has 2 rings (SSSR count). The van der Waals surface area contributed by atoms with E-state index in [4.69, 9.17) is 20.3 Å². The first-order valence-electron chi connectivity index (χ1n) is 12.4. The Morgan fingerprint density at radius 2 is 1.47 bits per heavy atom. The van der Waals surface area contributed by atoms with Crippen LogP contribution in [-0.2, 0) is 9.09 Å². The predicted molar refractivity (Wildman–Crippen MR) is 140 cm³/mol. The van der Waals surface area contributed by atoms with Gasteiger partial charge in [-0.2, -0.15) is 0 Å². The Hall–Kier alpha value is -2.32. The van der Waals surface area contributed by atoms with Crippen molar-refractivity contribution in [2.75, 3.05) is 13.2 Å². The number of aliphatic hydroxyl groups is 1. The fourth-order valence-electron chi connectivity index (χ4n) is 3.56. The molecule has 0 radical (unpaired) electrons. The molecule has 0 bridgehead atoms. The Morgan fingerprint density at radius 3 is 2.11 bits per heavy atom. The van der Waals surface area contributed by atoms with Crippen LogP contribution in [0.25, 0.3) is 0 Å². The molecule has 198 valence electrons. The molecule has 0 amide bonds. The van der Waals surface area contributed by atoms with Gasteiger partial charge in [0.25, 0.3) is 0 Å². The van der Waals surface area contributed by atoms with Crippen LogP contribution < -0.4 is 10.5 Å². The average Bonchev–Trinajstić information content (AvgIpc) is 2.87. The summed E-state index contributed by atoms with van der Waals surface area (Å²) in [6, 6.07) is 15.6. The third-order valence-electron chi connectivity index (χ3n) is 5.64. The zero-order chi connectivity index (χ0) is 26.2. The zero-order valence-electron chi connectivity index (χ0n) is 20.6. The summed E-state index contributed by atoms with van der Waals surface area (Å²) in [5.41, 5.74) is 6.96. The zero-order valence-corrected chi connectivity index (χ0v) is 21.5. The molecule has 0 unspecified atom stereocenters. The van der Waals surface area contributed by atoms with E-state index in [2.05, 4.69) is 4.52 Å². The van der Waals surface area contributed by atoms with Crippen molar-refractivity contribution in [3.63, 3.8) is 0 Å². The Morgan fingerprint density at radius 1 is 0.889 bits per heavy atom. The number of phosphoric acid groups is 1. The highest BCUT2D eigenvalue weighted by atomic mass is 31.2. The summed E-state index contributed by atoms with van der Waals surface area (Å²) in [7, 11) is -4.58. The summed E-state index contributed by atoms with van der Waals surface area (Å²) in [6.07, 6.45) is 10.8. The molecule has 0 aromatic heterocycles.